The highest BCUT2D eigenvalue weighted by atomic mass is 35.5. The van der Waals surface area contributed by atoms with Crippen LogP contribution < -0.4 is 4.74 Å². The van der Waals surface area contributed by atoms with Gasteiger partial charge in [-0.25, -0.2) is 4.79 Å². The van der Waals surface area contributed by atoms with Gasteiger partial charge in [-0.15, -0.1) is 0 Å². The molecule has 114 valence electrons. The van der Waals surface area contributed by atoms with E-state index in [1.54, 1.807) is 18.2 Å². The number of hydrogen-bond acceptors (Lipinski definition) is 5. The van der Waals surface area contributed by atoms with Gasteiger partial charge in [-0.1, -0.05) is 35.3 Å². The highest BCUT2D eigenvalue weighted by Gasteiger charge is 2.55. The van der Waals surface area contributed by atoms with Crippen LogP contribution in [0.4, 0.5) is 0 Å². The van der Waals surface area contributed by atoms with Crippen LogP contribution in [-0.4, -0.2) is 28.6 Å². The summed E-state index contributed by atoms with van der Waals surface area (Å²) in [5.74, 6) is -0.427. The maximum Gasteiger partial charge on any atom is 0.350 e. The number of methoxy groups -OCH3 is 1. The molecule has 0 saturated heterocycles. The lowest BCUT2D eigenvalue weighted by atomic mass is 10.1. The van der Waals surface area contributed by atoms with Crippen molar-refractivity contribution in [3.63, 3.8) is 0 Å². The fraction of sp³-hybridized carbons (Fsp3) is 0.267. The first-order chi connectivity index (χ1) is 10.5. The SMILES string of the molecule is COC(=O)C1(Oc2nc(Cl)cc(-c3ccc(Cl)cc3)n2)CC1. The van der Waals surface area contributed by atoms with E-state index in [0.717, 1.165) is 5.56 Å². The molecule has 1 aliphatic carbocycles. The van der Waals surface area contributed by atoms with Crippen LogP contribution in [0.15, 0.2) is 30.3 Å². The van der Waals surface area contributed by atoms with E-state index in [0.29, 0.717) is 23.6 Å². The molecule has 0 aliphatic heterocycles. The Morgan fingerprint density at radius 2 is 1.86 bits per heavy atom. The number of benzene rings is 1. The van der Waals surface area contributed by atoms with Gasteiger partial charge >= 0.3 is 12.0 Å². The van der Waals surface area contributed by atoms with E-state index >= 15 is 0 Å². The number of halogens is 2. The van der Waals surface area contributed by atoms with Crippen LogP contribution in [0.1, 0.15) is 12.8 Å². The van der Waals surface area contributed by atoms with Crippen molar-refractivity contribution in [2.45, 2.75) is 18.4 Å². The van der Waals surface area contributed by atoms with Crippen LogP contribution in [0, 0.1) is 0 Å². The second-order valence-electron chi connectivity index (χ2n) is 4.95. The van der Waals surface area contributed by atoms with E-state index in [1.165, 1.54) is 7.11 Å². The molecule has 3 rings (SSSR count). The molecule has 0 amide bonds. The Kier molecular flexibility index (Phi) is 3.93. The van der Waals surface area contributed by atoms with Crippen molar-refractivity contribution in [2.24, 2.45) is 0 Å². The summed E-state index contributed by atoms with van der Waals surface area (Å²) >= 11 is 11.9. The molecule has 2 aromatic rings. The summed E-state index contributed by atoms with van der Waals surface area (Å²) in [6.45, 7) is 0. The van der Waals surface area contributed by atoms with Crippen molar-refractivity contribution >= 4 is 29.2 Å². The minimum atomic E-state index is -0.975. The van der Waals surface area contributed by atoms with E-state index in [4.69, 9.17) is 32.7 Å². The Bertz CT molecular complexity index is 715. The van der Waals surface area contributed by atoms with Crippen molar-refractivity contribution < 1.29 is 14.3 Å². The van der Waals surface area contributed by atoms with Crippen molar-refractivity contribution in [1.29, 1.82) is 0 Å². The van der Waals surface area contributed by atoms with Gasteiger partial charge in [-0.05, 0) is 12.1 Å². The molecular weight excluding hydrogens is 327 g/mol. The average molecular weight is 339 g/mol. The summed E-state index contributed by atoms with van der Waals surface area (Å²) in [5, 5.41) is 0.860. The number of aromatic nitrogens is 2. The summed E-state index contributed by atoms with van der Waals surface area (Å²) in [5.41, 5.74) is 0.435. The largest absolute Gasteiger partial charge is 0.466 e. The first-order valence-corrected chi connectivity index (χ1v) is 7.36. The molecule has 5 nitrogen and oxygen atoms in total. The van der Waals surface area contributed by atoms with Crippen LogP contribution in [-0.2, 0) is 9.53 Å². The molecule has 0 radical (unpaired) electrons. The Balaban J connectivity index is 1.90. The van der Waals surface area contributed by atoms with E-state index < -0.39 is 11.6 Å². The van der Waals surface area contributed by atoms with Crippen LogP contribution in [0.25, 0.3) is 11.3 Å². The van der Waals surface area contributed by atoms with Crippen molar-refractivity contribution in [3.8, 4) is 17.3 Å². The van der Waals surface area contributed by atoms with Crippen LogP contribution in [0.2, 0.25) is 10.2 Å². The van der Waals surface area contributed by atoms with Crippen molar-refractivity contribution in [3.05, 3.63) is 40.5 Å². The highest BCUT2D eigenvalue weighted by molar-refractivity contribution is 6.30. The Hall–Kier alpha value is -1.85. The number of rotatable bonds is 4. The highest BCUT2D eigenvalue weighted by Crippen LogP contribution is 2.41. The number of hydrogen-bond donors (Lipinski definition) is 0. The fourth-order valence-electron chi connectivity index (χ4n) is 2.03. The second kappa shape index (κ2) is 5.74. The molecular formula is C15H12Cl2N2O3. The predicted octanol–water partition coefficient (Wildman–Crippen LogP) is 3.53. The lowest BCUT2D eigenvalue weighted by Gasteiger charge is -2.14. The maximum absolute atomic E-state index is 11.7. The third kappa shape index (κ3) is 3.00. The molecule has 22 heavy (non-hydrogen) atoms. The molecule has 1 saturated carbocycles. The normalized spacial score (nSPS) is 15.2. The first-order valence-electron chi connectivity index (χ1n) is 6.60. The zero-order chi connectivity index (χ0) is 15.7. The molecule has 1 aromatic heterocycles. The lowest BCUT2D eigenvalue weighted by molar-refractivity contribution is -0.151. The van der Waals surface area contributed by atoms with Crippen LogP contribution in [0.5, 0.6) is 6.01 Å². The van der Waals surface area contributed by atoms with Gasteiger partial charge in [0.2, 0.25) is 5.60 Å². The molecule has 1 aromatic carbocycles. The van der Waals surface area contributed by atoms with Gasteiger partial charge in [0, 0.05) is 29.5 Å². The van der Waals surface area contributed by atoms with E-state index in [-0.39, 0.29) is 11.2 Å². The zero-order valence-corrected chi connectivity index (χ0v) is 13.2. The molecule has 1 fully saturated rings. The van der Waals surface area contributed by atoms with Crippen molar-refractivity contribution in [1.82, 2.24) is 9.97 Å². The van der Waals surface area contributed by atoms with Gasteiger partial charge in [-0.2, -0.15) is 9.97 Å². The summed E-state index contributed by atoms with van der Waals surface area (Å²) in [4.78, 5) is 20.1. The minimum Gasteiger partial charge on any atom is -0.466 e. The number of carbonyl (C=O) groups is 1. The van der Waals surface area contributed by atoms with Gasteiger partial charge in [0.05, 0.1) is 12.8 Å². The molecule has 1 heterocycles. The topological polar surface area (TPSA) is 61.3 Å². The molecule has 0 N–H and O–H groups in total. The third-order valence-corrected chi connectivity index (χ3v) is 3.81. The summed E-state index contributed by atoms with van der Waals surface area (Å²) < 4.78 is 10.4. The predicted molar refractivity (Wildman–Crippen MR) is 82.1 cm³/mol. The number of esters is 1. The van der Waals surface area contributed by atoms with Gasteiger partial charge in [0.1, 0.15) is 5.15 Å². The number of carbonyl (C=O) groups excluding carboxylic acids is 1. The zero-order valence-electron chi connectivity index (χ0n) is 11.7. The summed E-state index contributed by atoms with van der Waals surface area (Å²) in [6, 6.07) is 8.82. The van der Waals surface area contributed by atoms with Gasteiger partial charge in [-0.3, -0.25) is 0 Å². The number of ether oxygens (including phenoxy) is 2. The van der Waals surface area contributed by atoms with E-state index in [2.05, 4.69) is 9.97 Å². The molecule has 0 bridgehead atoms. The summed E-state index contributed by atoms with van der Waals surface area (Å²) in [6.07, 6.45) is 1.15. The quantitative estimate of drug-likeness (QED) is 0.630. The molecule has 1 aliphatic rings. The molecule has 7 heteroatoms. The molecule has 0 spiro atoms. The molecule has 0 atom stereocenters. The number of nitrogens with zero attached hydrogens (tertiary/aromatic N) is 2. The monoisotopic (exact) mass is 338 g/mol. The molecule has 0 unspecified atom stereocenters. The van der Waals surface area contributed by atoms with E-state index in [1.807, 2.05) is 12.1 Å². The fourth-order valence-corrected chi connectivity index (χ4v) is 2.33. The second-order valence-corrected chi connectivity index (χ2v) is 5.78. The van der Waals surface area contributed by atoms with Gasteiger partial charge in [0.25, 0.3) is 0 Å². The van der Waals surface area contributed by atoms with Crippen LogP contribution in [0.3, 0.4) is 0 Å². The van der Waals surface area contributed by atoms with Crippen LogP contribution >= 0.6 is 23.2 Å². The lowest BCUT2D eigenvalue weighted by Crippen LogP contribution is -2.31. The smallest absolute Gasteiger partial charge is 0.350 e. The average Bonchev–Trinajstić information content (AvgIpc) is 3.27. The standard InChI is InChI=1S/C15H12Cl2N2O3/c1-21-13(20)15(6-7-15)22-14-18-11(8-12(17)19-14)9-2-4-10(16)5-3-9/h2-5,8H,6-7H2,1H3. The van der Waals surface area contributed by atoms with E-state index in [9.17, 15) is 4.79 Å². The third-order valence-electron chi connectivity index (χ3n) is 3.36. The Morgan fingerprint density at radius 3 is 2.45 bits per heavy atom. The Labute approximate surface area is 137 Å². The first kappa shape index (κ1) is 15.1. The van der Waals surface area contributed by atoms with Gasteiger partial charge in [0.15, 0.2) is 0 Å². The Morgan fingerprint density at radius 1 is 1.18 bits per heavy atom. The minimum absolute atomic E-state index is 0.0559. The summed E-state index contributed by atoms with van der Waals surface area (Å²) in [7, 11) is 1.32. The van der Waals surface area contributed by atoms with Crippen molar-refractivity contribution in [2.75, 3.05) is 7.11 Å². The van der Waals surface area contributed by atoms with Gasteiger partial charge < -0.3 is 9.47 Å². The maximum atomic E-state index is 11.7.